The molecule has 0 bridgehead atoms. The molecule has 0 radical (unpaired) electrons. The number of unbranched alkanes of at least 4 members (excludes halogenated alkanes) is 2. The Labute approximate surface area is 80.2 Å². The van der Waals surface area contributed by atoms with Crippen molar-refractivity contribution in [3.05, 3.63) is 0 Å². The second-order valence-corrected chi connectivity index (χ2v) is 3.95. The summed E-state index contributed by atoms with van der Waals surface area (Å²) in [4.78, 5) is 0. The fraction of sp³-hybridized carbons (Fsp3) is 1.00. The highest BCUT2D eigenvalue weighted by molar-refractivity contribution is 4.89. The average Bonchev–Trinajstić information content (AvgIpc) is 2.47. The van der Waals surface area contributed by atoms with Gasteiger partial charge in [-0.3, -0.25) is 0 Å². The normalized spacial score (nSPS) is 33.9. The molecular weight excluding hydrogens is 166 g/mol. The largest absolute Gasteiger partial charge is 0.395 e. The van der Waals surface area contributed by atoms with Crippen molar-refractivity contribution in [2.24, 2.45) is 0 Å². The van der Waals surface area contributed by atoms with Gasteiger partial charge in [0, 0.05) is 6.04 Å². The predicted octanol–water partition coefficient (Wildman–Crippen LogP) is 0.650. The molecule has 13 heavy (non-hydrogen) atoms. The molecule has 1 saturated heterocycles. The summed E-state index contributed by atoms with van der Waals surface area (Å²) in [5, 5.41) is 21.6. The minimum absolute atomic E-state index is 0.0471. The van der Waals surface area contributed by atoms with Crippen molar-refractivity contribution >= 4 is 0 Å². The molecule has 0 aromatic carbocycles. The van der Waals surface area contributed by atoms with Gasteiger partial charge in [0.05, 0.1) is 18.8 Å². The van der Waals surface area contributed by atoms with Crippen molar-refractivity contribution in [3.8, 4) is 0 Å². The smallest absolute Gasteiger partial charge is 0.0730 e. The van der Waals surface area contributed by atoms with Crippen molar-refractivity contribution in [2.75, 3.05) is 6.61 Å². The molecule has 1 aliphatic heterocycles. The Morgan fingerprint density at radius 1 is 1.38 bits per heavy atom. The predicted molar refractivity (Wildman–Crippen MR) is 52.6 cm³/mol. The lowest BCUT2D eigenvalue weighted by Gasteiger charge is -2.12. The number of rotatable bonds is 5. The van der Waals surface area contributed by atoms with E-state index in [2.05, 4.69) is 12.2 Å². The van der Waals surface area contributed by atoms with Crippen molar-refractivity contribution in [3.63, 3.8) is 0 Å². The molecule has 0 aliphatic carbocycles. The maximum Gasteiger partial charge on any atom is 0.0730 e. The Kier molecular flexibility index (Phi) is 4.70. The van der Waals surface area contributed by atoms with Crippen LogP contribution in [0.5, 0.6) is 0 Å². The lowest BCUT2D eigenvalue weighted by atomic mass is 10.1. The first-order valence-corrected chi connectivity index (χ1v) is 5.33. The van der Waals surface area contributed by atoms with Gasteiger partial charge < -0.3 is 15.5 Å². The molecule has 0 amide bonds. The van der Waals surface area contributed by atoms with Gasteiger partial charge >= 0.3 is 0 Å². The summed E-state index contributed by atoms with van der Waals surface area (Å²) in [5.74, 6) is 0. The maximum atomic E-state index is 9.49. The van der Waals surface area contributed by atoms with Gasteiger partial charge in [0.15, 0.2) is 0 Å². The lowest BCUT2D eigenvalue weighted by molar-refractivity contribution is 0.121. The van der Waals surface area contributed by atoms with Crippen LogP contribution in [0.2, 0.25) is 0 Å². The number of nitrogens with one attached hydrogen (secondary N) is 1. The summed E-state index contributed by atoms with van der Waals surface area (Å²) in [6.07, 6.45) is 5.29. The first kappa shape index (κ1) is 11.0. The van der Waals surface area contributed by atoms with Gasteiger partial charge in [0.25, 0.3) is 0 Å². The summed E-state index contributed by atoms with van der Waals surface area (Å²) in [6.45, 7) is 2.24. The Hall–Kier alpha value is -0.120. The maximum absolute atomic E-state index is 9.49. The Balaban J connectivity index is 2.16. The van der Waals surface area contributed by atoms with E-state index in [1.807, 2.05) is 0 Å². The summed E-state index contributed by atoms with van der Waals surface area (Å²) in [7, 11) is 0. The van der Waals surface area contributed by atoms with Crippen LogP contribution in [0.25, 0.3) is 0 Å². The highest BCUT2D eigenvalue weighted by Gasteiger charge is 2.30. The topological polar surface area (TPSA) is 52.5 Å². The molecule has 0 aromatic heterocycles. The number of aliphatic hydroxyl groups is 2. The Morgan fingerprint density at radius 2 is 2.15 bits per heavy atom. The summed E-state index contributed by atoms with van der Waals surface area (Å²) in [5.41, 5.74) is 0. The molecule has 3 nitrogen and oxygen atoms in total. The van der Waals surface area contributed by atoms with Gasteiger partial charge in [-0.15, -0.1) is 0 Å². The zero-order chi connectivity index (χ0) is 9.68. The molecule has 1 fully saturated rings. The molecule has 0 saturated carbocycles. The van der Waals surface area contributed by atoms with Gasteiger partial charge in [0.1, 0.15) is 0 Å². The second-order valence-electron chi connectivity index (χ2n) is 3.95. The Bertz CT molecular complexity index is 141. The van der Waals surface area contributed by atoms with Crippen molar-refractivity contribution in [1.29, 1.82) is 0 Å². The van der Waals surface area contributed by atoms with Crippen LogP contribution in [0.4, 0.5) is 0 Å². The Morgan fingerprint density at radius 3 is 2.69 bits per heavy atom. The highest BCUT2D eigenvalue weighted by Crippen LogP contribution is 2.17. The van der Waals surface area contributed by atoms with Crippen LogP contribution in [0.15, 0.2) is 0 Å². The van der Waals surface area contributed by atoms with Crippen LogP contribution in [0.1, 0.15) is 39.0 Å². The van der Waals surface area contributed by atoms with Gasteiger partial charge in [0.2, 0.25) is 0 Å². The third-order valence-corrected chi connectivity index (χ3v) is 2.79. The van der Waals surface area contributed by atoms with E-state index in [4.69, 9.17) is 5.11 Å². The third-order valence-electron chi connectivity index (χ3n) is 2.79. The number of hydrogen-bond acceptors (Lipinski definition) is 3. The summed E-state index contributed by atoms with van der Waals surface area (Å²) in [6, 6.07) is 0.324. The van der Waals surface area contributed by atoms with E-state index in [-0.39, 0.29) is 18.8 Å². The van der Waals surface area contributed by atoms with E-state index in [0.29, 0.717) is 6.04 Å². The SMILES string of the molecule is CCCCC[C@H]1C[C@@H](O)[C@H](CO)N1. The molecule has 0 spiro atoms. The van der Waals surface area contributed by atoms with E-state index >= 15 is 0 Å². The summed E-state index contributed by atoms with van der Waals surface area (Å²) < 4.78 is 0. The molecule has 78 valence electrons. The number of hydrogen-bond donors (Lipinski definition) is 3. The van der Waals surface area contributed by atoms with E-state index in [0.717, 1.165) is 12.8 Å². The molecule has 1 aliphatic rings. The van der Waals surface area contributed by atoms with Gasteiger partial charge in [-0.2, -0.15) is 0 Å². The fourth-order valence-corrected chi connectivity index (χ4v) is 1.95. The monoisotopic (exact) mass is 187 g/mol. The lowest BCUT2D eigenvalue weighted by Crippen LogP contribution is -2.36. The fourth-order valence-electron chi connectivity index (χ4n) is 1.95. The molecular formula is C10H21NO2. The highest BCUT2D eigenvalue weighted by atomic mass is 16.3. The quantitative estimate of drug-likeness (QED) is 0.554. The molecule has 3 heteroatoms. The molecule has 0 aromatic rings. The second kappa shape index (κ2) is 5.58. The van der Waals surface area contributed by atoms with Crippen LogP contribution in [-0.2, 0) is 0 Å². The van der Waals surface area contributed by atoms with Crippen LogP contribution in [-0.4, -0.2) is 35.0 Å². The molecule has 1 heterocycles. The molecule has 3 atom stereocenters. The minimum atomic E-state index is -0.350. The van der Waals surface area contributed by atoms with Crippen LogP contribution in [0, 0.1) is 0 Å². The first-order valence-electron chi connectivity index (χ1n) is 5.33. The van der Waals surface area contributed by atoms with Gasteiger partial charge in [-0.05, 0) is 12.8 Å². The minimum Gasteiger partial charge on any atom is -0.395 e. The first-order chi connectivity index (χ1) is 6.27. The van der Waals surface area contributed by atoms with Gasteiger partial charge in [-0.1, -0.05) is 26.2 Å². The third kappa shape index (κ3) is 3.25. The van der Waals surface area contributed by atoms with Crippen molar-refractivity contribution < 1.29 is 10.2 Å². The summed E-state index contributed by atoms with van der Waals surface area (Å²) >= 11 is 0. The van der Waals surface area contributed by atoms with E-state index in [1.54, 1.807) is 0 Å². The van der Waals surface area contributed by atoms with E-state index < -0.39 is 0 Å². The molecule has 1 rings (SSSR count). The average molecular weight is 187 g/mol. The van der Waals surface area contributed by atoms with Crippen molar-refractivity contribution in [1.82, 2.24) is 5.32 Å². The van der Waals surface area contributed by atoms with Gasteiger partial charge in [-0.25, -0.2) is 0 Å². The van der Waals surface area contributed by atoms with Crippen LogP contribution in [0.3, 0.4) is 0 Å². The van der Waals surface area contributed by atoms with Crippen molar-refractivity contribution in [2.45, 2.75) is 57.2 Å². The number of aliphatic hydroxyl groups excluding tert-OH is 2. The zero-order valence-electron chi connectivity index (χ0n) is 8.37. The standard InChI is InChI=1S/C10H21NO2/c1-2-3-4-5-8-6-10(13)9(7-12)11-8/h8-13H,2-7H2,1H3/t8-,9-,10+/m0/s1. The van der Waals surface area contributed by atoms with E-state index in [9.17, 15) is 5.11 Å². The van der Waals surface area contributed by atoms with Crippen LogP contribution >= 0.6 is 0 Å². The molecule has 0 unspecified atom stereocenters. The van der Waals surface area contributed by atoms with E-state index in [1.165, 1.54) is 19.3 Å². The van der Waals surface area contributed by atoms with Crippen LogP contribution < -0.4 is 5.32 Å². The zero-order valence-corrected chi connectivity index (χ0v) is 8.37. The molecule has 3 N–H and O–H groups in total.